The topological polar surface area (TPSA) is 18.5 Å². The first kappa shape index (κ1) is 13.9. The van der Waals surface area contributed by atoms with Crippen LogP contribution in [0.3, 0.4) is 0 Å². The van der Waals surface area contributed by atoms with Crippen LogP contribution in [-0.4, -0.2) is 11.9 Å². The largest absolute Gasteiger partial charge is 0.493 e. The van der Waals surface area contributed by atoms with Gasteiger partial charge in [0.1, 0.15) is 18.1 Å². The molecule has 0 fully saturated rings. The third-order valence-electron chi connectivity index (χ3n) is 2.60. The van der Waals surface area contributed by atoms with Crippen molar-refractivity contribution in [3.05, 3.63) is 60.2 Å². The Balaban J connectivity index is 1.88. The number of alkyl halides is 1. The first-order valence-corrected chi connectivity index (χ1v) is 7.46. The van der Waals surface area contributed by atoms with Crippen LogP contribution in [0.25, 0.3) is 0 Å². The molecule has 0 aliphatic rings. The summed E-state index contributed by atoms with van der Waals surface area (Å²) in [7, 11) is 0. The van der Waals surface area contributed by atoms with Crippen LogP contribution in [0.5, 0.6) is 11.5 Å². The predicted octanol–water partition coefficient (Wildman–Crippen LogP) is 4.43. The van der Waals surface area contributed by atoms with Crippen molar-refractivity contribution in [2.24, 2.45) is 0 Å². The Kier molecular flexibility index (Phi) is 5.76. The summed E-state index contributed by atoms with van der Waals surface area (Å²) in [6.07, 6.45) is 0.995. The molecule has 0 aliphatic heterocycles. The van der Waals surface area contributed by atoms with Gasteiger partial charge in [-0.1, -0.05) is 52.3 Å². The van der Waals surface area contributed by atoms with Gasteiger partial charge in [0.2, 0.25) is 0 Å². The maximum Gasteiger partial charge on any atom is 0.123 e. The van der Waals surface area contributed by atoms with Crippen molar-refractivity contribution in [2.45, 2.75) is 13.0 Å². The summed E-state index contributed by atoms with van der Waals surface area (Å²) in [4.78, 5) is 0. The molecule has 0 atom stereocenters. The van der Waals surface area contributed by atoms with E-state index in [2.05, 4.69) is 28.1 Å². The summed E-state index contributed by atoms with van der Waals surface area (Å²) in [5, 5.41) is 0.956. The number of benzene rings is 2. The molecule has 0 unspecified atom stereocenters. The Morgan fingerprint density at radius 3 is 2.32 bits per heavy atom. The lowest BCUT2D eigenvalue weighted by molar-refractivity contribution is 0.295. The van der Waals surface area contributed by atoms with Crippen LogP contribution < -0.4 is 9.47 Å². The van der Waals surface area contributed by atoms with E-state index in [0.717, 1.165) is 28.8 Å². The molecule has 2 rings (SSSR count). The standard InChI is InChI=1S/C16H17BrO2/c17-10-5-11-18-15-8-4-9-16(12-15)19-13-14-6-2-1-3-7-14/h1-4,6-9,12H,5,10-11,13H2. The maximum atomic E-state index is 5.75. The molecule has 0 spiro atoms. The number of hydrogen-bond acceptors (Lipinski definition) is 2. The quantitative estimate of drug-likeness (QED) is 0.555. The summed E-state index contributed by atoms with van der Waals surface area (Å²) in [5.74, 6) is 1.69. The minimum absolute atomic E-state index is 0.575. The average molecular weight is 321 g/mol. The zero-order valence-corrected chi connectivity index (χ0v) is 12.3. The number of hydrogen-bond donors (Lipinski definition) is 0. The fourth-order valence-electron chi connectivity index (χ4n) is 1.64. The van der Waals surface area contributed by atoms with Crippen LogP contribution in [0.2, 0.25) is 0 Å². The van der Waals surface area contributed by atoms with Crippen molar-refractivity contribution in [1.29, 1.82) is 0 Å². The van der Waals surface area contributed by atoms with Crippen molar-refractivity contribution >= 4 is 15.9 Å². The van der Waals surface area contributed by atoms with Gasteiger partial charge in [0.05, 0.1) is 6.61 Å². The predicted molar refractivity (Wildman–Crippen MR) is 81.1 cm³/mol. The summed E-state index contributed by atoms with van der Waals surface area (Å²) in [5.41, 5.74) is 1.16. The van der Waals surface area contributed by atoms with E-state index >= 15 is 0 Å². The molecule has 0 saturated carbocycles. The van der Waals surface area contributed by atoms with Gasteiger partial charge < -0.3 is 9.47 Å². The molecule has 0 heterocycles. The Bertz CT molecular complexity index is 485. The zero-order chi connectivity index (χ0) is 13.3. The highest BCUT2D eigenvalue weighted by Crippen LogP contribution is 2.20. The molecule has 2 nitrogen and oxygen atoms in total. The van der Waals surface area contributed by atoms with E-state index in [1.807, 2.05) is 42.5 Å². The Morgan fingerprint density at radius 2 is 1.58 bits per heavy atom. The fraction of sp³-hybridized carbons (Fsp3) is 0.250. The molecule has 0 radical (unpaired) electrons. The van der Waals surface area contributed by atoms with Crippen LogP contribution in [0.4, 0.5) is 0 Å². The van der Waals surface area contributed by atoms with E-state index in [9.17, 15) is 0 Å². The van der Waals surface area contributed by atoms with Gasteiger partial charge in [-0.25, -0.2) is 0 Å². The molecule has 0 aromatic heterocycles. The number of rotatable bonds is 7. The summed E-state index contributed by atoms with van der Waals surface area (Å²) < 4.78 is 11.4. The third-order valence-corrected chi connectivity index (χ3v) is 3.16. The molecule has 0 saturated heterocycles. The van der Waals surface area contributed by atoms with Crippen molar-refractivity contribution in [3.63, 3.8) is 0 Å². The fourth-order valence-corrected chi connectivity index (χ4v) is 1.87. The van der Waals surface area contributed by atoms with E-state index in [1.165, 1.54) is 0 Å². The van der Waals surface area contributed by atoms with Gasteiger partial charge in [-0.2, -0.15) is 0 Å². The smallest absolute Gasteiger partial charge is 0.123 e. The second-order valence-electron chi connectivity index (χ2n) is 4.14. The zero-order valence-electron chi connectivity index (χ0n) is 10.7. The Labute approximate surface area is 122 Å². The number of ether oxygens (including phenoxy) is 2. The lowest BCUT2D eigenvalue weighted by Gasteiger charge is -2.09. The van der Waals surface area contributed by atoms with Crippen LogP contribution in [-0.2, 0) is 6.61 Å². The first-order chi connectivity index (χ1) is 9.38. The molecule has 2 aromatic rings. The monoisotopic (exact) mass is 320 g/mol. The van der Waals surface area contributed by atoms with Crippen LogP contribution in [0.1, 0.15) is 12.0 Å². The lowest BCUT2D eigenvalue weighted by Crippen LogP contribution is -1.99. The minimum atomic E-state index is 0.575. The van der Waals surface area contributed by atoms with Gasteiger partial charge >= 0.3 is 0 Å². The van der Waals surface area contributed by atoms with Gasteiger partial charge in [0.25, 0.3) is 0 Å². The molecular formula is C16H17BrO2. The van der Waals surface area contributed by atoms with Crippen molar-refractivity contribution in [1.82, 2.24) is 0 Å². The van der Waals surface area contributed by atoms with Crippen molar-refractivity contribution in [3.8, 4) is 11.5 Å². The molecule has 0 amide bonds. The molecule has 19 heavy (non-hydrogen) atoms. The van der Waals surface area contributed by atoms with Gasteiger partial charge in [-0.15, -0.1) is 0 Å². The normalized spacial score (nSPS) is 10.2. The van der Waals surface area contributed by atoms with Crippen LogP contribution in [0.15, 0.2) is 54.6 Å². The maximum absolute atomic E-state index is 5.75. The molecule has 3 heteroatoms. The Morgan fingerprint density at radius 1 is 0.842 bits per heavy atom. The summed E-state index contributed by atoms with van der Waals surface area (Å²) >= 11 is 3.38. The molecule has 0 bridgehead atoms. The van der Waals surface area contributed by atoms with Crippen LogP contribution >= 0.6 is 15.9 Å². The van der Waals surface area contributed by atoms with E-state index in [-0.39, 0.29) is 0 Å². The average Bonchev–Trinajstić information content (AvgIpc) is 2.47. The van der Waals surface area contributed by atoms with Gasteiger partial charge in [0, 0.05) is 11.4 Å². The third kappa shape index (κ3) is 4.95. The van der Waals surface area contributed by atoms with Gasteiger partial charge in [-0.3, -0.25) is 0 Å². The van der Waals surface area contributed by atoms with E-state index < -0.39 is 0 Å². The molecular weight excluding hydrogens is 304 g/mol. The Hall–Kier alpha value is -1.48. The van der Waals surface area contributed by atoms with Crippen molar-refractivity contribution in [2.75, 3.05) is 11.9 Å². The molecule has 0 N–H and O–H groups in total. The minimum Gasteiger partial charge on any atom is -0.493 e. The van der Waals surface area contributed by atoms with Crippen molar-refractivity contribution < 1.29 is 9.47 Å². The second-order valence-corrected chi connectivity index (χ2v) is 4.93. The van der Waals surface area contributed by atoms with Gasteiger partial charge in [-0.05, 0) is 24.1 Å². The highest BCUT2D eigenvalue weighted by Gasteiger charge is 1.99. The molecule has 2 aromatic carbocycles. The van der Waals surface area contributed by atoms with E-state index in [4.69, 9.17) is 9.47 Å². The number of halogens is 1. The molecule has 0 aliphatic carbocycles. The summed E-state index contributed by atoms with van der Waals surface area (Å²) in [6.45, 7) is 1.29. The van der Waals surface area contributed by atoms with Crippen LogP contribution in [0, 0.1) is 0 Å². The first-order valence-electron chi connectivity index (χ1n) is 6.34. The van der Waals surface area contributed by atoms with E-state index in [1.54, 1.807) is 0 Å². The molecule has 100 valence electrons. The lowest BCUT2D eigenvalue weighted by atomic mass is 10.2. The highest BCUT2D eigenvalue weighted by molar-refractivity contribution is 9.09. The van der Waals surface area contributed by atoms with Gasteiger partial charge in [0.15, 0.2) is 0 Å². The highest BCUT2D eigenvalue weighted by atomic mass is 79.9. The SMILES string of the molecule is BrCCCOc1cccc(OCc2ccccc2)c1. The second kappa shape index (κ2) is 7.85. The van der Waals surface area contributed by atoms with E-state index in [0.29, 0.717) is 13.2 Å². The summed E-state index contributed by atoms with van der Waals surface area (Å²) in [6, 6.07) is 17.9.